The number of aromatic nitrogens is 6. The molecule has 0 spiro atoms. The van der Waals surface area contributed by atoms with Crippen LogP contribution in [0.1, 0.15) is 44.0 Å². The fraction of sp³-hybridized carbons (Fsp3) is 0.286. The van der Waals surface area contributed by atoms with E-state index in [1.165, 1.54) is 0 Å². The molecule has 0 amide bonds. The van der Waals surface area contributed by atoms with Crippen molar-refractivity contribution in [1.82, 2.24) is 29.9 Å². The predicted octanol–water partition coefficient (Wildman–Crippen LogP) is 3.25. The highest BCUT2D eigenvalue weighted by Gasteiger charge is 2.23. The van der Waals surface area contributed by atoms with Crippen molar-refractivity contribution in [2.24, 2.45) is 5.92 Å². The molecule has 1 N–H and O–H groups in total. The van der Waals surface area contributed by atoms with Crippen LogP contribution in [0.5, 0.6) is 0 Å². The van der Waals surface area contributed by atoms with Crippen LogP contribution in [0.2, 0.25) is 0 Å². The van der Waals surface area contributed by atoms with E-state index < -0.39 is 0 Å². The van der Waals surface area contributed by atoms with Crippen LogP contribution in [0, 0.1) is 5.92 Å². The Bertz CT molecular complexity index is 1160. The van der Waals surface area contributed by atoms with Gasteiger partial charge in [-0.2, -0.15) is 9.78 Å². The Balaban J connectivity index is 1.88. The van der Waals surface area contributed by atoms with Gasteiger partial charge in [-0.1, -0.05) is 38.1 Å². The smallest absolute Gasteiger partial charge is 0.267 e. The van der Waals surface area contributed by atoms with Crippen LogP contribution in [0.4, 0.5) is 0 Å². The molecule has 3 heterocycles. The van der Waals surface area contributed by atoms with Gasteiger partial charge >= 0.3 is 0 Å². The number of rotatable bonds is 5. The molecule has 7 heteroatoms. The number of fused-ring (bicyclic) bond motifs is 1. The van der Waals surface area contributed by atoms with Gasteiger partial charge in [-0.15, -0.1) is 5.10 Å². The Kier molecular flexibility index (Phi) is 4.73. The quantitative estimate of drug-likeness (QED) is 0.579. The molecule has 4 aromatic rings. The van der Waals surface area contributed by atoms with Crippen LogP contribution >= 0.6 is 0 Å². The van der Waals surface area contributed by atoms with Crippen molar-refractivity contribution in [3.63, 3.8) is 0 Å². The fourth-order valence-electron chi connectivity index (χ4n) is 3.34. The molecule has 0 aliphatic heterocycles. The summed E-state index contributed by atoms with van der Waals surface area (Å²) in [6, 6.07) is 13.2. The van der Waals surface area contributed by atoms with Gasteiger partial charge in [0.1, 0.15) is 5.82 Å². The third kappa shape index (κ3) is 3.31. The monoisotopic (exact) mass is 374 g/mol. The third-order valence-corrected chi connectivity index (χ3v) is 4.66. The van der Waals surface area contributed by atoms with Crippen LogP contribution in [0.3, 0.4) is 0 Å². The van der Waals surface area contributed by atoms with Gasteiger partial charge < -0.3 is 0 Å². The van der Waals surface area contributed by atoms with Crippen molar-refractivity contribution in [2.75, 3.05) is 0 Å². The molecule has 0 fully saturated rings. The van der Waals surface area contributed by atoms with E-state index >= 15 is 0 Å². The molecule has 3 aromatic heterocycles. The molecular formula is C21H22N6O. The van der Waals surface area contributed by atoms with E-state index in [1.807, 2.05) is 43.3 Å². The number of benzene rings is 1. The van der Waals surface area contributed by atoms with Crippen molar-refractivity contribution >= 4 is 10.8 Å². The van der Waals surface area contributed by atoms with Gasteiger partial charge in [0.05, 0.1) is 17.0 Å². The summed E-state index contributed by atoms with van der Waals surface area (Å²) in [4.78, 5) is 21.4. The van der Waals surface area contributed by atoms with Crippen molar-refractivity contribution in [3.05, 3.63) is 76.4 Å². The minimum atomic E-state index is -0.196. The van der Waals surface area contributed by atoms with Gasteiger partial charge in [-0.25, -0.2) is 15.1 Å². The molecule has 0 saturated carbocycles. The average molecular weight is 374 g/mol. The summed E-state index contributed by atoms with van der Waals surface area (Å²) in [6.45, 7) is 6.30. The minimum absolute atomic E-state index is 0.183. The number of nitrogens with zero attached hydrogens (tertiary/aromatic N) is 5. The minimum Gasteiger partial charge on any atom is -0.267 e. The Morgan fingerprint density at radius 1 is 1.04 bits per heavy atom. The first-order valence-corrected chi connectivity index (χ1v) is 9.39. The molecule has 0 unspecified atom stereocenters. The number of hydrogen-bond acceptors (Lipinski definition) is 5. The summed E-state index contributed by atoms with van der Waals surface area (Å²) in [5.41, 5.74) is 0.564. The van der Waals surface area contributed by atoms with Gasteiger partial charge in [-0.05, 0) is 31.0 Å². The number of H-pyrrole nitrogens is 1. The zero-order valence-corrected chi connectivity index (χ0v) is 16.1. The maximum Gasteiger partial charge on any atom is 0.272 e. The van der Waals surface area contributed by atoms with Crippen LogP contribution in [-0.4, -0.2) is 29.9 Å². The van der Waals surface area contributed by atoms with Gasteiger partial charge in [0.25, 0.3) is 5.56 Å². The second kappa shape index (κ2) is 7.34. The van der Waals surface area contributed by atoms with E-state index in [0.717, 1.165) is 29.1 Å². The lowest BCUT2D eigenvalue weighted by molar-refractivity contribution is 0.618. The summed E-state index contributed by atoms with van der Waals surface area (Å²) >= 11 is 0. The highest BCUT2D eigenvalue weighted by Crippen LogP contribution is 2.27. The second-order valence-electron chi connectivity index (χ2n) is 7.29. The lowest BCUT2D eigenvalue weighted by Crippen LogP contribution is -2.15. The first-order valence-electron chi connectivity index (χ1n) is 9.39. The number of hydrogen-bond donors (Lipinski definition) is 1. The average Bonchev–Trinajstić information content (AvgIpc) is 3.12. The summed E-state index contributed by atoms with van der Waals surface area (Å²) in [7, 11) is 0. The van der Waals surface area contributed by atoms with E-state index in [9.17, 15) is 4.79 Å². The molecule has 142 valence electrons. The third-order valence-electron chi connectivity index (χ3n) is 4.66. The summed E-state index contributed by atoms with van der Waals surface area (Å²) in [6.07, 6.45) is 2.51. The number of pyridine rings is 1. The zero-order valence-electron chi connectivity index (χ0n) is 16.1. The normalized spacial score (nSPS) is 12.6. The Labute approximate surface area is 162 Å². The summed E-state index contributed by atoms with van der Waals surface area (Å²) < 4.78 is 1.78. The summed E-state index contributed by atoms with van der Waals surface area (Å²) in [5, 5.41) is 13.1. The maximum absolute atomic E-state index is 12.1. The van der Waals surface area contributed by atoms with Crippen LogP contribution in [-0.2, 0) is 6.42 Å². The second-order valence-corrected chi connectivity index (χ2v) is 7.29. The molecule has 7 nitrogen and oxygen atoms in total. The van der Waals surface area contributed by atoms with Gasteiger partial charge in [0.15, 0.2) is 11.6 Å². The molecule has 1 atom stereocenters. The van der Waals surface area contributed by atoms with E-state index in [0.29, 0.717) is 17.1 Å². The Hall–Kier alpha value is -3.35. The maximum atomic E-state index is 12.1. The number of aromatic amines is 1. The van der Waals surface area contributed by atoms with Crippen molar-refractivity contribution in [1.29, 1.82) is 0 Å². The molecule has 0 aliphatic rings. The SMILES string of the molecule is CC(C)Cc1nc([C@@H](C)c2n[nH]c(=O)c3ccccc23)n(-c2ccccn2)n1. The molecule has 0 aliphatic carbocycles. The molecule has 0 radical (unpaired) electrons. The van der Waals surface area contributed by atoms with Crippen LogP contribution in [0.25, 0.3) is 16.6 Å². The lowest BCUT2D eigenvalue weighted by atomic mass is 10.0. The van der Waals surface area contributed by atoms with E-state index in [-0.39, 0.29) is 11.5 Å². The topological polar surface area (TPSA) is 89.4 Å². The fourth-order valence-corrected chi connectivity index (χ4v) is 3.34. The van der Waals surface area contributed by atoms with Crippen LogP contribution < -0.4 is 5.56 Å². The molecular weight excluding hydrogens is 352 g/mol. The molecule has 0 bridgehead atoms. The largest absolute Gasteiger partial charge is 0.272 e. The van der Waals surface area contributed by atoms with Gasteiger partial charge in [-0.3, -0.25) is 4.79 Å². The van der Waals surface area contributed by atoms with Crippen molar-refractivity contribution < 1.29 is 0 Å². The molecule has 28 heavy (non-hydrogen) atoms. The Morgan fingerprint density at radius 2 is 1.79 bits per heavy atom. The number of nitrogens with one attached hydrogen (secondary N) is 1. The molecule has 0 saturated heterocycles. The van der Waals surface area contributed by atoms with Crippen molar-refractivity contribution in [3.8, 4) is 5.82 Å². The van der Waals surface area contributed by atoms with E-state index in [2.05, 4.69) is 29.0 Å². The first-order chi connectivity index (χ1) is 13.5. The van der Waals surface area contributed by atoms with E-state index in [4.69, 9.17) is 10.1 Å². The van der Waals surface area contributed by atoms with Crippen LogP contribution in [0.15, 0.2) is 53.5 Å². The first kappa shape index (κ1) is 18.0. The zero-order chi connectivity index (χ0) is 19.7. The van der Waals surface area contributed by atoms with E-state index in [1.54, 1.807) is 16.9 Å². The molecule has 4 rings (SSSR count). The molecule has 1 aromatic carbocycles. The lowest BCUT2D eigenvalue weighted by Gasteiger charge is -2.13. The predicted molar refractivity (Wildman–Crippen MR) is 108 cm³/mol. The highest BCUT2D eigenvalue weighted by molar-refractivity contribution is 5.84. The summed E-state index contributed by atoms with van der Waals surface area (Å²) in [5.74, 6) is 2.49. The Morgan fingerprint density at radius 3 is 2.50 bits per heavy atom. The van der Waals surface area contributed by atoms with Gasteiger partial charge in [0.2, 0.25) is 0 Å². The highest BCUT2D eigenvalue weighted by atomic mass is 16.1. The van der Waals surface area contributed by atoms with Crippen molar-refractivity contribution in [2.45, 2.75) is 33.1 Å². The van der Waals surface area contributed by atoms with Gasteiger partial charge in [0, 0.05) is 18.0 Å². The standard InChI is InChI=1S/C21H22N6O/c1-13(2)12-17-23-20(27(26-17)18-10-6-7-11-22-18)14(3)19-15-8-4-5-9-16(15)21(28)25-24-19/h4-11,13-14H,12H2,1-3H3,(H,25,28)/t14-/m0/s1.